The fourth-order valence-corrected chi connectivity index (χ4v) is 1.70. The average Bonchev–Trinajstić information content (AvgIpc) is 2.43. The van der Waals surface area contributed by atoms with Gasteiger partial charge in [0, 0.05) is 12.7 Å². The van der Waals surface area contributed by atoms with Gasteiger partial charge in [0.1, 0.15) is 5.75 Å². The first kappa shape index (κ1) is 13.2. The second-order valence-corrected chi connectivity index (χ2v) is 3.93. The van der Waals surface area contributed by atoms with Crippen molar-refractivity contribution in [1.82, 2.24) is 4.98 Å². The minimum atomic E-state index is 0.0683. The molecule has 0 spiro atoms. The molecule has 1 aromatic heterocycles. The first-order chi connectivity index (χ1) is 9.24. The number of aliphatic hydroxyl groups is 1. The molecule has 0 radical (unpaired) electrons. The van der Waals surface area contributed by atoms with E-state index in [-0.39, 0.29) is 6.61 Å². The number of nitrogen functional groups attached to an aromatic ring is 1. The standard InChI is InChI=1S/C14H16N2O3/c1-18-14-11(15)6-7-13(16-14)19-12-5-3-2-4-10(12)8-9-17/h2-7,17H,8-9,15H2,1H3. The summed E-state index contributed by atoms with van der Waals surface area (Å²) in [5.74, 6) is 1.39. The zero-order valence-corrected chi connectivity index (χ0v) is 10.7. The third kappa shape index (κ3) is 3.14. The Morgan fingerprint density at radius 2 is 2.00 bits per heavy atom. The number of nitrogens with zero attached hydrogens (tertiary/aromatic N) is 1. The number of para-hydroxylation sites is 1. The molecule has 1 aromatic carbocycles. The molecule has 5 heteroatoms. The van der Waals surface area contributed by atoms with Gasteiger partial charge in [0.2, 0.25) is 11.8 Å². The molecule has 0 saturated carbocycles. The molecule has 0 saturated heterocycles. The van der Waals surface area contributed by atoms with Crippen molar-refractivity contribution in [3.05, 3.63) is 42.0 Å². The number of ether oxygens (including phenoxy) is 2. The molecule has 0 unspecified atom stereocenters. The third-order valence-corrected chi connectivity index (χ3v) is 2.63. The van der Waals surface area contributed by atoms with Gasteiger partial charge in [-0.2, -0.15) is 4.98 Å². The predicted molar refractivity (Wildman–Crippen MR) is 72.5 cm³/mol. The summed E-state index contributed by atoms with van der Waals surface area (Å²) < 4.78 is 10.7. The van der Waals surface area contributed by atoms with Crippen LogP contribution in [0.15, 0.2) is 36.4 Å². The van der Waals surface area contributed by atoms with Crippen LogP contribution in [0, 0.1) is 0 Å². The summed E-state index contributed by atoms with van der Waals surface area (Å²) in [7, 11) is 1.50. The highest BCUT2D eigenvalue weighted by molar-refractivity contribution is 5.50. The summed E-state index contributed by atoms with van der Waals surface area (Å²) in [6.07, 6.45) is 0.530. The largest absolute Gasteiger partial charge is 0.479 e. The Hall–Kier alpha value is -2.27. The second-order valence-electron chi connectivity index (χ2n) is 3.93. The zero-order valence-electron chi connectivity index (χ0n) is 10.7. The van der Waals surface area contributed by atoms with Gasteiger partial charge in [0.25, 0.3) is 0 Å². The minimum Gasteiger partial charge on any atom is -0.479 e. The molecule has 2 aromatic rings. The Bertz CT molecular complexity index is 558. The summed E-state index contributed by atoms with van der Waals surface area (Å²) in [5.41, 5.74) is 7.07. The number of rotatable bonds is 5. The van der Waals surface area contributed by atoms with Gasteiger partial charge in [-0.1, -0.05) is 18.2 Å². The van der Waals surface area contributed by atoms with Gasteiger partial charge < -0.3 is 20.3 Å². The number of aliphatic hydroxyl groups excluding tert-OH is 1. The Kier molecular flexibility index (Phi) is 4.20. The molecule has 19 heavy (non-hydrogen) atoms. The van der Waals surface area contributed by atoms with E-state index in [0.717, 1.165) is 5.56 Å². The van der Waals surface area contributed by atoms with Crippen LogP contribution >= 0.6 is 0 Å². The monoisotopic (exact) mass is 260 g/mol. The summed E-state index contributed by atoms with van der Waals surface area (Å²) in [5, 5.41) is 9.02. The highest BCUT2D eigenvalue weighted by Gasteiger charge is 2.07. The van der Waals surface area contributed by atoms with Crippen LogP contribution in [-0.4, -0.2) is 23.8 Å². The number of anilines is 1. The molecule has 1 heterocycles. The van der Waals surface area contributed by atoms with E-state index < -0.39 is 0 Å². The molecule has 0 fully saturated rings. The van der Waals surface area contributed by atoms with Crippen LogP contribution in [-0.2, 0) is 6.42 Å². The lowest BCUT2D eigenvalue weighted by molar-refractivity contribution is 0.297. The van der Waals surface area contributed by atoms with Crippen molar-refractivity contribution in [2.45, 2.75) is 6.42 Å². The summed E-state index contributed by atoms with van der Waals surface area (Å²) >= 11 is 0. The number of hydrogen-bond acceptors (Lipinski definition) is 5. The fourth-order valence-electron chi connectivity index (χ4n) is 1.70. The maximum Gasteiger partial charge on any atom is 0.240 e. The van der Waals surface area contributed by atoms with Crippen LogP contribution in [0.5, 0.6) is 17.5 Å². The molecule has 0 aliphatic carbocycles. The van der Waals surface area contributed by atoms with E-state index in [2.05, 4.69) is 4.98 Å². The van der Waals surface area contributed by atoms with Crippen LogP contribution in [0.25, 0.3) is 0 Å². The summed E-state index contributed by atoms with van der Waals surface area (Å²) in [6, 6.07) is 10.8. The summed E-state index contributed by atoms with van der Waals surface area (Å²) in [6.45, 7) is 0.0683. The molecule has 0 atom stereocenters. The topological polar surface area (TPSA) is 77.6 Å². The van der Waals surface area contributed by atoms with Crippen molar-refractivity contribution in [2.24, 2.45) is 0 Å². The SMILES string of the molecule is COc1nc(Oc2ccccc2CCO)ccc1N. The Morgan fingerprint density at radius 1 is 1.21 bits per heavy atom. The number of aromatic nitrogens is 1. The van der Waals surface area contributed by atoms with E-state index in [1.54, 1.807) is 12.1 Å². The Labute approximate surface area is 111 Å². The lowest BCUT2D eigenvalue weighted by atomic mass is 10.1. The van der Waals surface area contributed by atoms with Gasteiger partial charge in [-0.05, 0) is 24.1 Å². The molecule has 0 amide bonds. The summed E-state index contributed by atoms with van der Waals surface area (Å²) in [4.78, 5) is 4.16. The predicted octanol–water partition coefficient (Wildman–Crippen LogP) is 2.00. The Balaban J connectivity index is 2.26. The molecule has 5 nitrogen and oxygen atoms in total. The number of methoxy groups -OCH3 is 1. The van der Waals surface area contributed by atoms with Crippen molar-refractivity contribution in [3.8, 4) is 17.5 Å². The van der Waals surface area contributed by atoms with Crippen LogP contribution in [0.1, 0.15) is 5.56 Å². The minimum absolute atomic E-state index is 0.0683. The van der Waals surface area contributed by atoms with Crippen LogP contribution in [0.3, 0.4) is 0 Å². The molecular weight excluding hydrogens is 244 g/mol. The van der Waals surface area contributed by atoms with Crippen molar-refractivity contribution in [2.75, 3.05) is 19.5 Å². The highest BCUT2D eigenvalue weighted by atomic mass is 16.5. The normalized spacial score (nSPS) is 10.2. The van der Waals surface area contributed by atoms with Gasteiger partial charge in [-0.3, -0.25) is 0 Å². The van der Waals surface area contributed by atoms with Crippen molar-refractivity contribution < 1.29 is 14.6 Å². The van der Waals surface area contributed by atoms with Gasteiger partial charge in [-0.25, -0.2) is 0 Å². The van der Waals surface area contributed by atoms with Gasteiger partial charge >= 0.3 is 0 Å². The highest BCUT2D eigenvalue weighted by Crippen LogP contribution is 2.27. The molecule has 0 bridgehead atoms. The maximum absolute atomic E-state index is 9.02. The second kappa shape index (κ2) is 6.06. The molecular formula is C14H16N2O3. The molecule has 2 rings (SSSR count). The first-order valence-electron chi connectivity index (χ1n) is 5.91. The first-order valence-corrected chi connectivity index (χ1v) is 5.91. The van der Waals surface area contributed by atoms with E-state index in [1.807, 2.05) is 24.3 Å². The number of benzene rings is 1. The number of pyridine rings is 1. The smallest absolute Gasteiger partial charge is 0.240 e. The quantitative estimate of drug-likeness (QED) is 0.859. The molecule has 3 N–H and O–H groups in total. The third-order valence-electron chi connectivity index (χ3n) is 2.63. The van der Waals surface area contributed by atoms with Crippen molar-refractivity contribution >= 4 is 5.69 Å². The fraction of sp³-hybridized carbons (Fsp3) is 0.214. The lowest BCUT2D eigenvalue weighted by Crippen LogP contribution is -1.99. The van der Waals surface area contributed by atoms with E-state index in [4.69, 9.17) is 20.3 Å². The lowest BCUT2D eigenvalue weighted by Gasteiger charge is -2.11. The van der Waals surface area contributed by atoms with Crippen molar-refractivity contribution in [3.63, 3.8) is 0 Å². The van der Waals surface area contributed by atoms with E-state index in [9.17, 15) is 0 Å². The molecule has 0 aliphatic rings. The van der Waals surface area contributed by atoms with Crippen molar-refractivity contribution in [1.29, 1.82) is 0 Å². The molecule has 0 aliphatic heterocycles. The van der Waals surface area contributed by atoms with E-state index >= 15 is 0 Å². The zero-order chi connectivity index (χ0) is 13.7. The number of nitrogens with two attached hydrogens (primary N) is 1. The van der Waals surface area contributed by atoms with Gasteiger partial charge in [0.15, 0.2) is 0 Å². The van der Waals surface area contributed by atoms with Gasteiger partial charge in [-0.15, -0.1) is 0 Å². The van der Waals surface area contributed by atoms with E-state index in [1.165, 1.54) is 7.11 Å². The average molecular weight is 260 g/mol. The van der Waals surface area contributed by atoms with Crippen LogP contribution in [0.2, 0.25) is 0 Å². The van der Waals surface area contributed by atoms with E-state index in [0.29, 0.717) is 29.6 Å². The Morgan fingerprint density at radius 3 is 2.74 bits per heavy atom. The maximum atomic E-state index is 9.02. The molecule has 100 valence electrons. The van der Waals surface area contributed by atoms with Crippen LogP contribution < -0.4 is 15.2 Å². The van der Waals surface area contributed by atoms with Crippen LogP contribution in [0.4, 0.5) is 5.69 Å². The number of hydrogen-bond donors (Lipinski definition) is 2. The van der Waals surface area contributed by atoms with Gasteiger partial charge in [0.05, 0.1) is 12.8 Å².